The molecule has 0 saturated carbocycles. The summed E-state index contributed by atoms with van der Waals surface area (Å²) in [6.07, 6.45) is -0.998. The number of carbonyl (C=O) groups is 1. The fourth-order valence-electron chi connectivity index (χ4n) is 3.70. The molecule has 2 nitrogen and oxygen atoms in total. The fraction of sp³-hybridized carbons (Fsp3) is 0.588. The summed E-state index contributed by atoms with van der Waals surface area (Å²) in [4.78, 5) is 12.5. The second kappa shape index (κ2) is 6.58. The number of fused-ring (bicyclic) bond motifs is 2. The highest BCUT2D eigenvalue weighted by atomic mass is 32.2. The van der Waals surface area contributed by atoms with E-state index in [1.54, 1.807) is 0 Å². The summed E-state index contributed by atoms with van der Waals surface area (Å²) in [7, 11) is -0.888. The first-order chi connectivity index (χ1) is 11.3. The van der Waals surface area contributed by atoms with Crippen LogP contribution in [0.4, 0.5) is 17.6 Å². The van der Waals surface area contributed by atoms with Crippen molar-refractivity contribution in [2.45, 2.75) is 55.2 Å². The van der Waals surface area contributed by atoms with Crippen molar-refractivity contribution in [1.29, 1.82) is 0 Å². The molecule has 0 aliphatic carbocycles. The van der Waals surface area contributed by atoms with Crippen molar-refractivity contribution < 1.29 is 26.6 Å². The number of benzene rings is 1. The first-order valence-electron chi connectivity index (χ1n) is 8.03. The Morgan fingerprint density at radius 1 is 1.17 bits per heavy atom. The zero-order valence-corrected chi connectivity index (χ0v) is 13.8. The standard InChI is InChI=1S/C17H18F4O2S/c18-15-9-12(17(19,20)21)5-4-10(15)8-16(22)11-6-13-2-1-3-14(7-11)24(13)23/h4-5,9,11,13-14H,1-3,6-8H2. The number of hydrogen-bond donors (Lipinski definition) is 0. The van der Waals surface area contributed by atoms with Crippen LogP contribution < -0.4 is 0 Å². The maximum Gasteiger partial charge on any atom is 0.416 e. The zero-order valence-electron chi connectivity index (χ0n) is 12.9. The molecule has 0 spiro atoms. The van der Waals surface area contributed by atoms with Gasteiger partial charge in [-0.05, 0) is 43.4 Å². The largest absolute Gasteiger partial charge is 0.416 e. The van der Waals surface area contributed by atoms with Gasteiger partial charge in [-0.25, -0.2) is 4.39 Å². The minimum absolute atomic E-state index is 0.00939. The average Bonchev–Trinajstić information content (AvgIpc) is 2.47. The molecule has 2 aliphatic rings. The monoisotopic (exact) mass is 362 g/mol. The van der Waals surface area contributed by atoms with Crippen LogP contribution in [0.15, 0.2) is 18.2 Å². The van der Waals surface area contributed by atoms with Gasteiger partial charge >= 0.3 is 6.18 Å². The highest BCUT2D eigenvalue weighted by Crippen LogP contribution is 2.38. The van der Waals surface area contributed by atoms with Crippen LogP contribution in [0.3, 0.4) is 0 Å². The predicted octanol–water partition coefficient (Wildman–Crippen LogP) is 4.04. The van der Waals surface area contributed by atoms with E-state index in [0.29, 0.717) is 18.9 Å². The SMILES string of the molecule is O=C(Cc1ccc(C(F)(F)F)cc1F)C1CC2CCCC(C1)S2=O. The first kappa shape index (κ1) is 17.6. The molecule has 0 radical (unpaired) electrons. The van der Waals surface area contributed by atoms with Gasteiger partial charge in [0, 0.05) is 33.6 Å². The molecule has 3 rings (SSSR count). The van der Waals surface area contributed by atoms with Crippen molar-refractivity contribution >= 4 is 16.6 Å². The fourth-order valence-corrected chi connectivity index (χ4v) is 5.88. The van der Waals surface area contributed by atoms with Gasteiger partial charge in [-0.1, -0.05) is 12.5 Å². The molecule has 0 aromatic heterocycles. The first-order valence-corrected chi connectivity index (χ1v) is 9.31. The molecular weight excluding hydrogens is 344 g/mol. The van der Waals surface area contributed by atoms with E-state index in [0.717, 1.165) is 31.4 Å². The lowest BCUT2D eigenvalue weighted by atomic mass is 9.84. The molecule has 24 heavy (non-hydrogen) atoms. The summed E-state index contributed by atoms with van der Waals surface area (Å²) >= 11 is 0. The van der Waals surface area contributed by atoms with Gasteiger partial charge in [-0.15, -0.1) is 0 Å². The van der Waals surface area contributed by atoms with Crippen molar-refractivity contribution in [3.05, 3.63) is 35.1 Å². The van der Waals surface area contributed by atoms with Crippen LogP contribution >= 0.6 is 0 Å². The third-order valence-electron chi connectivity index (χ3n) is 5.00. The Morgan fingerprint density at radius 2 is 1.79 bits per heavy atom. The number of Topliss-reactive ketones (excluding diaryl/α,β-unsaturated/α-hetero) is 1. The van der Waals surface area contributed by atoms with Gasteiger partial charge in [0.15, 0.2) is 0 Å². The molecule has 132 valence electrons. The maximum atomic E-state index is 13.9. The maximum absolute atomic E-state index is 13.9. The van der Waals surface area contributed by atoms with E-state index in [1.807, 2.05) is 0 Å². The molecule has 0 amide bonds. The molecule has 0 N–H and O–H groups in total. The minimum atomic E-state index is -4.60. The van der Waals surface area contributed by atoms with Gasteiger partial charge in [0.05, 0.1) is 5.56 Å². The molecule has 2 saturated heterocycles. The molecule has 2 atom stereocenters. The van der Waals surface area contributed by atoms with E-state index < -0.39 is 28.4 Å². The predicted molar refractivity (Wildman–Crippen MR) is 82.4 cm³/mol. The molecule has 1 aromatic rings. The second-order valence-corrected chi connectivity index (χ2v) is 8.61. The third kappa shape index (κ3) is 3.55. The molecule has 2 aliphatic heterocycles. The van der Waals surface area contributed by atoms with E-state index in [1.165, 1.54) is 0 Å². The topological polar surface area (TPSA) is 34.1 Å². The van der Waals surface area contributed by atoms with E-state index in [4.69, 9.17) is 0 Å². The summed E-state index contributed by atoms with van der Waals surface area (Å²) in [5.41, 5.74) is -1.07. The van der Waals surface area contributed by atoms with E-state index >= 15 is 0 Å². The molecule has 2 fully saturated rings. The van der Waals surface area contributed by atoms with Crippen LogP contribution in [0.2, 0.25) is 0 Å². The Labute approximate surface area is 140 Å². The average molecular weight is 362 g/mol. The lowest BCUT2D eigenvalue weighted by Gasteiger charge is -2.37. The smallest absolute Gasteiger partial charge is 0.299 e. The summed E-state index contributed by atoms with van der Waals surface area (Å²) in [6, 6.07) is 2.28. The number of hydrogen-bond acceptors (Lipinski definition) is 2. The van der Waals surface area contributed by atoms with Gasteiger partial charge < -0.3 is 0 Å². The van der Waals surface area contributed by atoms with Crippen molar-refractivity contribution in [3.63, 3.8) is 0 Å². The number of alkyl halides is 3. The third-order valence-corrected chi connectivity index (χ3v) is 7.17. The van der Waals surface area contributed by atoms with Crippen molar-refractivity contribution in [2.75, 3.05) is 0 Å². The molecule has 2 unspecified atom stereocenters. The van der Waals surface area contributed by atoms with Crippen LogP contribution in [0.25, 0.3) is 0 Å². The highest BCUT2D eigenvalue weighted by Gasteiger charge is 2.40. The van der Waals surface area contributed by atoms with Crippen LogP contribution in [0, 0.1) is 11.7 Å². The number of halogens is 4. The summed E-state index contributed by atoms with van der Waals surface area (Å²) in [5, 5.41) is 0.0628. The molecule has 1 aromatic carbocycles. The molecule has 2 bridgehead atoms. The zero-order chi connectivity index (χ0) is 17.5. The second-order valence-electron chi connectivity index (χ2n) is 6.62. The van der Waals surface area contributed by atoms with Crippen molar-refractivity contribution in [2.24, 2.45) is 5.92 Å². The van der Waals surface area contributed by atoms with Gasteiger partial charge in [-0.2, -0.15) is 13.2 Å². The molecular formula is C17H18F4O2S. The number of ketones is 1. The van der Waals surface area contributed by atoms with E-state index in [9.17, 15) is 26.6 Å². The van der Waals surface area contributed by atoms with Crippen LogP contribution in [-0.2, 0) is 28.2 Å². The Bertz CT molecular complexity index is 655. The number of carbonyl (C=O) groups excluding carboxylic acids is 1. The molecule has 7 heteroatoms. The van der Waals surface area contributed by atoms with Crippen molar-refractivity contribution in [1.82, 2.24) is 0 Å². The van der Waals surface area contributed by atoms with Crippen LogP contribution in [-0.4, -0.2) is 20.5 Å². The van der Waals surface area contributed by atoms with Crippen molar-refractivity contribution in [3.8, 4) is 0 Å². The Balaban J connectivity index is 1.70. The highest BCUT2D eigenvalue weighted by molar-refractivity contribution is 7.86. The lowest BCUT2D eigenvalue weighted by Crippen LogP contribution is -2.41. The molecule has 2 heterocycles. The van der Waals surface area contributed by atoms with E-state index in [-0.39, 0.29) is 34.2 Å². The van der Waals surface area contributed by atoms with Gasteiger partial charge in [0.1, 0.15) is 11.6 Å². The van der Waals surface area contributed by atoms with Gasteiger partial charge in [-0.3, -0.25) is 9.00 Å². The van der Waals surface area contributed by atoms with Crippen LogP contribution in [0.1, 0.15) is 43.2 Å². The summed E-state index contributed by atoms with van der Waals surface area (Å²) < 4.78 is 63.7. The quantitative estimate of drug-likeness (QED) is 0.761. The summed E-state index contributed by atoms with van der Waals surface area (Å²) in [5.74, 6) is -1.43. The Kier molecular flexibility index (Phi) is 4.82. The minimum Gasteiger partial charge on any atom is -0.299 e. The Morgan fingerprint density at radius 3 is 2.33 bits per heavy atom. The van der Waals surface area contributed by atoms with E-state index in [2.05, 4.69) is 0 Å². The normalized spacial score (nSPS) is 30.2. The van der Waals surface area contributed by atoms with Crippen LogP contribution in [0.5, 0.6) is 0 Å². The Hall–Kier alpha value is -1.24. The van der Waals surface area contributed by atoms with Gasteiger partial charge in [0.2, 0.25) is 0 Å². The summed E-state index contributed by atoms with van der Waals surface area (Å²) in [6.45, 7) is 0. The van der Waals surface area contributed by atoms with Gasteiger partial charge in [0.25, 0.3) is 0 Å². The number of rotatable bonds is 3. The lowest BCUT2D eigenvalue weighted by molar-refractivity contribution is -0.137.